The zero-order valence-electron chi connectivity index (χ0n) is 8.73. The van der Waals surface area contributed by atoms with Gasteiger partial charge >= 0.3 is 5.97 Å². The van der Waals surface area contributed by atoms with Gasteiger partial charge in [0.25, 0.3) is 0 Å². The van der Waals surface area contributed by atoms with Gasteiger partial charge in [0.2, 0.25) is 0 Å². The number of esters is 1. The maximum Gasteiger partial charge on any atom is 0.319 e. The monoisotopic (exact) mass is 218 g/mol. The van der Waals surface area contributed by atoms with Crippen molar-refractivity contribution in [3.05, 3.63) is 0 Å². The molecule has 0 aromatic heterocycles. The van der Waals surface area contributed by atoms with E-state index in [9.17, 15) is 4.79 Å². The number of thiol groups is 1. The van der Waals surface area contributed by atoms with Crippen LogP contribution in [0.2, 0.25) is 0 Å². The predicted molar refractivity (Wildman–Crippen MR) is 57.5 cm³/mol. The summed E-state index contributed by atoms with van der Waals surface area (Å²) in [5, 5.41) is -0.308. The van der Waals surface area contributed by atoms with E-state index < -0.39 is 0 Å². The highest BCUT2D eigenvalue weighted by Crippen LogP contribution is 2.15. The highest BCUT2D eigenvalue weighted by molar-refractivity contribution is 7.81. The molecule has 0 spiro atoms. The predicted octanol–water partition coefficient (Wildman–Crippen LogP) is 1.52. The molecule has 0 amide bonds. The number of ether oxygens (including phenoxy) is 2. The van der Waals surface area contributed by atoms with Crippen LogP contribution in [0, 0.1) is 11.8 Å². The molecule has 2 atom stereocenters. The van der Waals surface area contributed by atoms with Crippen LogP contribution < -0.4 is 0 Å². The third kappa shape index (κ3) is 3.50. The Balaban J connectivity index is 2.19. The topological polar surface area (TPSA) is 35.5 Å². The van der Waals surface area contributed by atoms with Crippen LogP contribution in [0.3, 0.4) is 0 Å². The molecule has 3 nitrogen and oxygen atoms in total. The zero-order chi connectivity index (χ0) is 10.6. The van der Waals surface area contributed by atoms with Crippen molar-refractivity contribution in [2.45, 2.75) is 25.5 Å². The molecule has 0 aromatic carbocycles. The number of carbonyl (C=O) groups excluding carboxylic acids is 1. The van der Waals surface area contributed by atoms with E-state index in [0.29, 0.717) is 19.1 Å². The number of hydrogen-bond acceptors (Lipinski definition) is 4. The van der Waals surface area contributed by atoms with Crippen LogP contribution in [0.4, 0.5) is 0 Å². The lowest BCUT2D eigenvalue weighted by Crippen LogP contribution is -2.25. The van der Waals surface area contributed by atoms with Gasteiger partial charge in [-0.15, -0.1) is 0 Å². The summed E-state index contributed by atoms with van der Waals surface area (Å²) in [4.78, 5) is 11.4. The van der Waals surface area contributed by atoms with E-state index in [4.69, 9.17) is 9.47 Å². The van der Waals surface area contributed by atoms with Crippen molar-refractivity contribution in [1.29, 1.82) is 0 Å². The normalized spacial score (nSPS) is 23.9. The van der Waals surface area contributed by atoms with Crippen molar-refractivity contribution < 1.29 is 14.3 Å². The fraction of sp³-hybridized carbons (Fsp3) is 0.900. The molecule has 1 aliphatic rings. The molecule has 0 bridgehead atoms. The Kier molecular flexibility index (Phi) is 4.75. The molecule has 1 aliphatic heterocycles. The zero-order valence-corrected chi connectivity index (χ0v) is 9.63. The van der Waals surface area contributed by atoms with Gasteiger partial charge in [-0.1, -0.05) is 13.8 Å². The van der Waals surface area contributed by atoms with Crippen LogP contribution in [0.5, 0.6) is 0 Å². The van der Waals surface area contributed by atoms with Crippen molar-refractivity contribution in [1.82, 2.24) is 0 Å². The molecule has 4 heteroatoms. The molecule has 2 unspecified atom stereocenters. The highest BCUT2D eigenvalue weighted by Gasteiger charge is 2.22. The standard InChI is InChI=1S/C10H18O3S/c1-7(2)9(14)10(11)13-6-8-3-4-12-5-8/h7-9,14H,3-6H2,1-2H3. The largest absolute Gasteiger partial charge is 0.464 e. The third-order valence-electron chi connectivity index (χ3n) is 2.36. The van der Waals surface area contributed by atoms with E-state index in [1.54, 1.807) is 0 Å². The Hall–Kier alpha value is -0.220. The van der Waals surface area contributed by atoms with Crippen LogP contribution in [-0.2, 0) is 14.3 Å². The lowest BCUT2D eigenvalue weighted by Gasteiger charge is -2.15. The van der Waals surface area contributed by atoms with Crippen molar-refractivity contribution in [3.63, 3.8) is 0 Å². The summed E-state index contributed by atoms with van der Waals surface area (Å²) in [6.07, 6.45) is 0.992. The minimum absolute atomic E-state index is 0.213. The first kappa shape index (κ1) is 11.9. The lowest BCUT2D eigenvalue weighted by atomic mass is 10.1. The molecule has 1 rings (SSSR count). The molecule has 0 aromatic rings. The van der Waals surface area contributed by atoms with Crippen LogP contribution in [0.15, 0.2) is 0 Å². The summed E-state index contributed by atoms with van der Waals surface area (Å²) < 4.78 is 10.3. The fourth-order valence-electron chi connectivity index (χ4n) is 1.27. The Morgan fingerprint density at radius 3 is 2.86 bits per heavy atom. The number of carbonyl (C=O) groups is 1. The Morgan fingerprint density at radius 2 is 2.36 bits per heavy atom. The van der Waals surface area contributed by atoms with Gasteiger partial charge in [-0.3, -0.25) is 4.79 Å². The molecule has 1 saturated heterocycles. The molecule has 82 valence electrons. The Bertz CT molecular complexity index is 188. The van der Waals surface area contributed by atoms with Gasteiger partial charge in [-0.05, 0) is 12.3 Å². The van der Waals surface area contributed by atoms with Gasteiger partial charge in [-0.2, -0.15) is 12.6 Å². The third-order valence-corrected chi connectivity index (χ3v) is 3.17. The summed E-state index contributed by atoms with van der Waals surface area (Å²) >= 11 is 4.19. The second-order valence-corrected chi connectivity index (χ2v) is 4.60. The van der Waals surface area contributed by atoms with Crippen LogP contribution >= 0.6 is 12.6 Å². The molecule has 1 heterocycles. The summed E-state index contributed by atoms with van der Waals surface area (Å²) in [6.45, 7) is 5.89. The van der Waals surface area contributed by atoms with E-state index in [1.165, 1.54) is 0 Å². The minimum Gasteiger partial charge on any atom is -0.464 e. The molecule has 0 N–H and O–H groups in total. The first-order valence-electron chi connectivity index (χ1n) is 5.03. The van der Waals surface area contributed by atoms with E-state index in [-0.39, 0.29) is 17.1 Å². The van der Waals surface area contributed by atoms with Crippen molar-refractivity contribution in [2.24, 2.45) is 11.8 Å². The molecular formula is C10H18O3S. The number of rotatable bonds is 4. The van der Waals surface area contributed by atoms with Gasteiger partial charge < -0.3 is 9.47 Å². The van der Waals surface area contributed by atoms with E-state index >= 15 is 0 Å². The smallest absolute Gasteiger partial charge is 0.319 e. The van der Waals surface area contributed by atoms with Crippen LogP contribution in [0.1, 0.15) is 20.3 Å². The Labute approximate surface area is 90.6 Å². The maximum absolute atomic E-state index is 11.4. The van der Waals surface area contributed by atoms with Crippen molar-refractivity contribution in [3.8, 4) is 0 Å². The highest BCUT2D eigenvalue weighted by atomic mass is 32.1. The first-order valence-corrected chi connectivity index (χ1v) is 5.55. The minimum atomic E-state index is -0.308. The van der Waals surface area contributed by atoms with Gasteiger partial charge in [0, 0.05) is 12.5 Å². The molecule has 0 radical (unpaired) electrons. The van der Waals surface area contributed by atoms with Crippen LogP contribution in [-0.4, -0.2) is 31.0 Å². The van der Waals surface area contributed by atoms with Crippen LogP contribution in [0.25, 0.3) is 0 Å². The molecule has 0 saturated carbocycles. The van der Waals surface area contributed by atoms with Crippen molar-refractivity contribution in [2.75, 3.05) is 19.8 Å². The average molecular weight is 218 g/mol. The van der Waals surface area contributed by atoms with Gasteiger partial charge in [0.15, 0.2) is 0 Å². The SMILES string of the molecule is CC(C)C(S)C(=O)OCC1CCOC1. The molecule has 14 heavy (non-hydrogen) atoms. The maximum atomic E-state index is 11.4. The summed E-state index contributed by atoms with van der Waals surface area (Å²) in [5.74, 6) is 0.382. The second kappa shape index (κ2) is 5.61. The molecular weight excluding hydrogens is 200 g/mol. The lowest BCUT2D eigenvalue weighted by molar-refractivity contribution is -0.145. The first-order chi connectivity index (χ1) is 6.61. The van der Waals surface area contributed by atoms with E-state index in [0.717, 1.165) is 13.0 Å². The molecule has 1 fully saturated rings. The van der Waals surface area contributed by atoms with E-state index in [2.05, 4.69) is 12.6 Å². The second-order valence-electron chi connectivity index (χ2n) is 4.05. The fourth-order valence-corrected chi connectivity index (χ4v) is 1.35. The average Bonchev–Trinajstić information content (AvgIpc) is 2.65. The van der Waals surface area contributed by atoms with Gasteiger partial charge in [0.1, 0.15) is 5.25 Å². The quantitative estimate of drug-likeness (QED) is 0.574. The van der Waals surface area contributed by atoms with Crippen molar-refractivity contribution >= 4 is 18.6 Å². The summed E-state index contributed by atoms with van der Waals surface area (Å²) in [6, 6.07) is 0. The number of hydrogen-bond donors (Lipinski definition) is 1. The summed E-state index contributed by atoms with van der Waals surface area (Å²) in [7, 11) is 0. The Morgan fingerprint density at radius 1 is 1.64 bits per heavy atom. The van der Waals surface area contributed by atoms with E-state index in [1.807, 2.05) is 13.8 Å². The van der Waals surface area contributed by atoms with Gasteiger partial charge in [-0.25, -0.2) is 0 Å². The summed E-state index contributed by atoms with van der Waals surface area (Å²) in [5.41, 5.74) is 0. The van der Waals surface area contributed by atoms with Gasteiger partial charge in [0.05, 0.1) is 13.2 Å². The molecule has 0 aliphatic carbocycles.